The number of hydrogen-bond donors (Lipinski definition) is 2. The molecule has 0 bridgehead atoms. The second-order valence-corrected chi connectivity index (χ2v) is 6.86. The zero-order valence-electron chi connectivity index (χ0n) is 12.4. The molecule has 2 N–H and O–H groups in total. The minimum atomic E-state index is -3.50. The lowest BCUT2D eigenvalue weighted by molar-refractivity contribution is 0.414. The first-order valence-corrected chi connectivity index (χ1v) is 8.47. The summed E-state index contributed by atoms with van der Waals surface area (Å²) in [6.07, 6.45) is 0. The third-order valence-electron chi connectivity index (χ3n) is 3.81. The van der Waals surface area contributed by atoms with Crippen molar-refractivity contribution >= 4 is 10.2 Å². The number of benzene rings is 2. The van der Waals surface area contributed by atoms with Crippen LogP contribution in [0.25, 0.3) is 0 Å². The van der Waals surface area contributed by atoms with E-state index in [1.165, 1.54) is 0 Å². The summed E-state index contributed by atoms with van der Waals surface area (Å²) >= 11 is 0. The highest BCUT2D eigenvalue weighted by molar-refractivity contribution is 7.87. The summed E-state index contributed by atoms with van der Waals surface area (Å²) in [6.45, 7) is 2.00. The van der Waals surface area contributed by atoms with Gasteiger partial charge in [0, 0.05) is 0 Å². The number of aryl methyl sites for hydroxylation is 1. The fourth-order valence-corrected chi connectivity index (χ4v) is 3.89. The zero-order chi connectivity index (χ0) is 15.7. The van der Waals surface area contributed by atoms with Crippen molar-refractivity contribution in [2.75, 3.05) is 7.11 Å². The van der Waals surface area contributed by atoms with Crippen LogP contribution in [0.2, 0.25) is 0 Å². The Morgan fingerprint density at radius 1 is 0.864 bits per heavy atom. The first kappa shape index (κ1) is 15.0. The van der Waals surface area contributed by atoms with Crippen LogP contribution in [-0.2, 0) is 10.2 Å². The Morgan fingerprint density at radius 2 is 1.32 bits per heavy atom. The molecule has 0 aromatic heterocycles. The van der Waals surface area contributed by atoms with E-state index in [1.54, 1.807) is 7.11 Å². The number of nitrogens with one attached hydrogen (secondary N) is 2. The standard InChI is InChI=1S/C16H18N2O3S/c1-11-3-5-12(6-4-11)15-16(18-22(19,20)17-15)13-7-9-14(21-2)10-8-13/h3-10,15-18H,1-2H3. The maximum absolute atomic E-state index is 11.9. The smallest absolute Gasteiger partial charge is 0.278 e. The van der Waals surface area contributed by atoms with E-state index in [9.17, 15) is 8.42 Å². The Kier molecular flexibility index (Phi) is 3.90. The summed E-state index contributed by atoms with van der Waals surface area (Å²) in [5.41, 5.74) is 2.96. The van der Waals surface area contributed by atoms with Gasteiger partial charge in [0.05, 0.1) is 19.2 Å². The van der Waals surface area contributed by atoms with E-state index in [1.807, 2.05) is 55.5 Å². The molecule has 0 spiro atoms. The monoisotopic (exact) mass is 318 g/mol. The summed E-state index contributed by atoms with van der Waals surface area (Å²) in [4.78, 5) is 0. The van der Waals surface area contributed by atoms with E-state index in [0.29, 0.717) is 0 Å². The molecule has 22 heavy (non-hydrogen) atoms. The van der Waals surface area contributed by atoms with Gasteiger partial charge >= 0.3 is 0 Å². The van der Waals surface area contributed by atoms with Crippen molar-refractivity contribution < 1.29 is 13.2 Å². The number of ether oxygens (including phenoxy) is 1. The quantitative estimate of drug-likeness (QED) is 0.912. The van der Waals surface area contributed by atoms with E-state index in [2.05, 4.69) is 9.44 Å². The van der Waals surface area contributed by atoms with E-state index in [0.717, 1.165) is 22.4 Å². The van der Waals surface area contributed by atoms with Crippen LogP contribution in [0.15, 0.2) is 48.5 Å². The average Bonchev–Trinajstić information content (AvgIpc) is 2.84. The molecule has 0 aliphatic carbocycles. The van der Waals surface area contributed by atoms with Crippen molar-refractivity contribution in [3.63, 3.8) is 0 Å². The topological polar surface area (TPSA) is 67.4 Å². The van der Waals surface area contributed by atoms with Gasteiger partial charge in [0.1, 0.15) is 5.75 Å². The van der Waals surface area contributed by atoms with Crippen LogP contribution in [0.4, 0.5) is 0 Å². The van der Waals surface area contributed by atoms with Gasteiger partial charge in [-0.3, -0.25) is 0 Å². The fraction of sp³-hybridized carbons (Fsp3) is 0.250. The van der Waals surface area contributed by atoms with Crippen molar-refractivity contribution in [3.05, 3.63) is 65.2 Å². The molecule has 3 rings (SSSR count). The Balaban J connectivity index is 1.97. The lowest BCUT2D eigenvalue weighted by Gasteiger charge is -2.18. The van der Waals surface area contributed by atoms with Gasteiger partial charge in [-0.25, -0.2) is 0 Å². The highest BCUT2D eigenvalue weighted by Crippen LogP contribution is 2.34. The number of rotatable bonds is 3. The molecule has 1 fully saturated rings. The van der Waals surface area contributed by atoms with Gasteiger partial charge in [0.2, 0.25) is 0 Å². The van der Waals surface area contributed by atoms with Crippen molar-refractivity contribution in [3.8, 4) is 5.75 Å². The van der Waals surface area contributed by atoms with Gasteiger partial charge < -0.3 is 4.74 Å². The van der Waals surface area contributed by atoms with Gasteiger partial charge in [-0.15, -0.1) is 0 Å². The minimum Gasteiger partial charge on any atom is -0.497 e. The molecule has 2 aromatic rings. The van der Waals surface area contributed by atoms with Gasteiger partial charge in [0.25, 0.3) is 10.2 Å². The fourth-order valence-electron chi connectivity index (χ4n) is 2.61. The Morgan fingerprint density at radius 3 is 1.77 bits per heavy atom. The van der Waals surface area contributed by atoms with Crippen LogP contribution in [0.5, 0.6) is 5.75 Å². The Labute approximate surface area is 130 Å². The van der Waals surface area contributed by atoms with Crippen molar-refractivity contribution in [2.45, 2.75) is 19.0 Å². The predicted molar refractivity (Wildman–Crippen MR) is 84.8 cm³/mol. The van der Waals surface area contributed by atoms with Crippen molar-refractivity contribution in [1.29, 1.82) is 0 Å². The molecule has 2 atom stereocenters. The van der Waals surface area contributed by atoms with Gasteiger partial charge in [-0.1, -0.05) is 42.0 Å². The van der Waals surface area contributed by atoms with E-state index >= 15 is 0 Å². The molecule has 2 unspecified atom stereocenters. The molecule has 1 aliphatic heterocycles. The van der Waals surface area contributed by atoms with Crippen LogP contribution in [0, 0.1) is 6.92 Å². The molecule has 5 nitrogen and oxygen atoms in total. The summed E-state index contributed by atoms with van der Waals surface area (Å²) in [7, 11) is -1.90. The maximum atomic E-state index is 11.9. The normalized spacial score (nSPS) is 23.4. The largest absolute Gasteiger partial charge is 0.497 e. The molecule has 2 aromatic carbocycles. The third kappa shape index (κ3) is 2.99. The van der Waals surface area contributed by atoms with Crippen LogP contribution in [0.1, 0.15) is 28.8 Å². The van der Waals surface area contributed by atoms with Crippen molar-refractivity contribution in [2.24, 2.45) is 0 Å². The van der Waals surface area contributed by atoms with Gasteiger partial charge in [-0.05, 0) is 30.2 Å². The third-order valence-corrected chi connectivity index (χ3v) is 4.94. The molecular weight excluding hydrogens is 300 g/mol. The Hall–Kier alpha value is -1.89. The van der Waals surface area contributed by atoms with Gasteiger partial charge in [-0.2, -0.15) is 17.9 Å². The van der Waals surface area contributed by atoms with Crippen LogP contribution >= 0.6 is 0 Å². The lowest BCUT2D eigenvalue weighted by atomic mass is 9.94. The first-order chi connectivity index (χ1) is 10.5. The second-order valence-electron chi connectivity index (χ2n) is 5.38. The summed E-state index contributed by atoms with van der Waals surface area (Å²) in [6, 6.07) is 14.6. The summed E-state index contributed by atoms with van der Waals surface area (Å²) in [5, 5.41) is 0. The highest BCUT2D eigenvalue weighted by atomic mass is 32.2. The Bertz CT molecular complexity index is 755. The molecule has 1 heterocycles. The molecule has 1 aliphatic rings. The summed E-state index contributed by atoms with van der Waals surface area (Å²) in [5.74, 6) is 0.740. The van der Waals surface area contributed by atoms with Crippen LogP contribution in [0.3, 0.4) is 0 Å². The minimum absolute atomic E-state index is 0.334. The zero-order valence-corrected chi connectivity index (χ0v) is 13.2. The molecule has 1 saturated heterocycles. The number of hydrogen-bond acceptors (Lipinski definition) is 3. The van der Waals surface area contributed by atoms with E-state index in [4.69, 9.17) is 4.74 Å². The van der Waals surface area contributed by atoms with Gasteiger partial charge in [0.15, 0.2) is 0 Å². The SMILES string of the molecule is COc1ccc(C2NS(=O)(=O)NC2c2ccc(C)cc2)cc1. The molecular formula is C16H18N2O3S. The lowest BCUT2D eigenvalue weighted by Crippen LogP contribution is -2.24. The maximum Gasteiger partial charge on any atom is 0.278 e. The molecule has 116 valence electrons. The highest BCUT2D eigenvalue weighted by Gasteiger charge is 2.38. The van der Waals surface area contributed by atoms with E-state index < -0.39 is 10.2 Å². The van der Waals surface area contributed by atoms with Crippen molar-refractivity contribution in [1.82, 2.24) is 9.44 Å². The first-order valence-electron chi connectivity index (χ1n) is 6.98. The molecule has 6 heteroatoms. The average molecular weight is 318 g/mol. The van der Waals surface area contributed by atoms with E-state index in [-0.39, 0.29) is 12.1 Å². The molecule has 0 amide bonds. The van der Waals surface area contributed by atoms with Crippen LogP contribution in [-0.4, -0.2) is 15.5 Å². The number of methoxy groups -OCH3 is 1. The summed E-state index contributed by atoms with van der Waals surface area (Å²) < 4.78 is 34.4. The predicted octanol–water partition coefficient (Wildman–Crippen LogP) is 2.22. The van der Waals surface area contributed by atoms with Crippen LogP contribution < -0.4 is 14.2 Å². The molecule has 0 radical (unpaired) electrons. The molecule has 0 saturated carbocycles. The second kappa shape index (κ2) is 5.72.